The van der Waals surface area contributed by atoms with Gasteiger partial charge in [0.1, 0.15) is 0 Å². The summed E-state index contributed by atoms with van der Waals surface area (Å²) in [6, 6.07) is 2.07. The maximum Gasteiger partial charge on any atom is 0.231 e. The zero-order valence-corrected chi connectivity index (χ0v) is 10.6. The molecule has 1 aromatic carbocycles. The molecule has 0 saturated heterocycles. The number of hydrogen-bond donors (Lipinski definition) is 1. The van der Waals surface area contributed by atoms with Gasteiger partial charge in [-0.1, -0.05) is 18.0 Å². The van der Waals surface area contributed by atoms with Crippen LogP contribution in [0.1, 0.15) is 30.4 Å². The van der Waals surface area contributed by atoms with Crippen molar-refractivity contribution in [3.05, 3.63) is 22.2 Å². The Morgan fingerprint density at radius 1 is 1.41 bits per heavy atom. The fraction of sp³-hybridized carbons (Fsp3) is 0.538. The fourth-order valence-corrected chi connectivity index (χ4v) is 3.08. The van der Waals surface area contributed by atoms with Gasteiger partial charge in [-0.2, -0.15) is 0 Å². The van der Waals surface area contributed by atoms with E-state index in [0.29, 0.717) is 17.3 Å². The monoisotopic (exact) mass is 253 g/mol. The molecule has 1 heterocycles. The lowest BCUT2D eigenvalue weighted by molar-refractivity contribution is 0.173. The van der Waals surface area contributed by atoms with E-state index in [1.165, 1.54) is 12.0 Å². The van der Waals surface area contributed by atoms with Gasteiger partial charge in [0.05, 0.1) is 5.02 Å². The zero-order chi connectivity index (χ0) is 12.0. The second-order valence-electron chi connectivity index (χ2n) is 4.93. The molecule has 3 rings (SSSR count). The predicted molar refractivity (Wildman–Crippen MR) is 66.9 cm³/mol. The first-order valence-corrected chi connectivity index (χ1v) is 6.35. The average Bonchev–Trinajstić information content (AvgIpc) is 2.72. The second kappa shape index (κ2) is 3.79. The third kappa shape index (κ3) is 1.45. The van der Waals surface area contributed by atoms with E-state index in [4.69, 9.17) is 26.8 Å². The Labute approximate surface area is 106 Å². The van der Waals surface area contributed by atoms with Crippen LogP contribution >= 0.6 is 11.6 Å². The van der Waals surface area contributed by atoms with Gasteiger partial charge in [-0.3, -0.25) is 0 Å². The number of benzene rings is 1. The predicted octanol–water partition coefficient (Wildman–Crippen LogP) is 2.76. The molecule has 1 aliphatic heterocycles. The summed E-state index contributed by atoms with van der Waals surface area (Å²) in [6.45, 7) is 2.97. The molecule has 4 heteroatoms. The highest BCUT2D eigenvalue weighted by Crippen LogP contribution is 2.50. The zero-order valence-electron chi connectivity index (χ0n) is 9.88. The number of nitrogens with two attached hydrogens (primary N) is 1. The molecule has 0 aromatic heterocycles. The first-order chi connectivity index (χ1) is 8.18. The van der Waals surface area contributed by atoms with Crippen molar-refractivity contribution >= 4 is 11.6 Å². The van der Waals surface area contributed by atoms with Gasteiger partial charge in [0.2, 0.25) is 6.79 Å². The molecule has 1 saturated carbocycles. The molecule has 0 atom stereocenters. The Kier molecular flexibility index (Phi) is 2.49. The maximum absolute atomic E-state index is 6.34. The van der Waals surface area contributed by atoms with Crippen molar-refractivity contribution in [3.8, 4) is 11.5 Å². The Morgan fingerprint density at radius 3 is 2.76 bits per heavy atom. The summed E-state index contributed by atoms with van der Waals surface area (Å²) in [5, 5.41) is 0.676. The molecule has 2 N–H and O–H groups in total. The highest BCUT2D eigenvalue weighted by atomic mass is 35.5. The summed E-state index contributed by atoms with van der Waals surface area (Å²) in [5.41, 5.74) is 8.38. The van der Waals surface area contributed by atoms with Crippen LogP contribution in [-0.4, -0.2) is 13.3 Å². The molecule has 0 radical (unpaired) electrons. The minimum absolute atomic E-state index is 0.106. The Hall–Kier alpha value is -0.930. The first kappa shape index (κ1) is 11.2. The van der Waals surface area contributed by atoms with Crippen molar-refractivity contribution in [2.24, 2.45) is 5.73 Å². The Morgan fingerprint density at radius 2 is 2.18 bits per heavy atom. The van der Waals surface area contributed by atoms with Crippen LogP contribution in [0.5, 0.6) is 11.5 Å². The van der Waals surface area contributed by atoms with Gasteiger partial charge in [-0.25, -0.2) is 0 Å². The van der Waals surface area contributed by atoms with E-state index in [2.05, 4.69) is 6.07 Å². The van der Waals surface area contributed by atoms with E-state index >= 15 is 0 Å². The number of rotatable bonds is 2. The van der Waals surface area contributed by atoms with Crippen LogP contribution in [0.15, 0.2) is 6.07 Å². The molecule has 0 amide bonds. The van der Waals surface area contributed by atoms with Crippen LogP contribution in [0.2, 0.25) is 5.02 Å². The average molecular weight is 254 g/mol. The lowest BCUT2D eigenvalue weighted by Gasteiger charge is -2.42. The Bertz CT molecular complexity index is 463. The van der Waals surface area contributed by atoms with E-state index in [-0.39, 0.29) is 12.2 Å². The lowest BCUT2D eigenvalue weighted by Crippen LogP contribution is -2.42. The third-order valence-corrected chi connectivity index (χ3v) is 4.58. The standard InChI is InChI=1S/C13H16ClNO2/c1-8-9(13(6-15)3-2-4-13)5-10-12(11(8)14)17-7-16-10/h5H,2-4,6-7,15H2,1H3. The molecular formula is C13H16ClNO2. The van der Waals surface area contributed by atoms with Crippen molar-refractivity contribution in [1.29, 1.82) is 0 Å². The fourth-order valence-electron chi connectivity index (χ4n) is 2.83. The quantitative estimate of drug-likeness (QED) is 0.882. The minimum atomic E-state index is 0.106. The SMILES string of the molecule is Cc1c(C2(CN)CCC2)cc2c(c1Cl)OCO2. The van der Waals surface area contributed by atoms with Gasteiger partial charge < -0.3 is 15.2 Å². The van der Waals surface area contributed by atoms with Gasteiger partial charge in [0.25, 0.3) is 0 Å². The largest absolute Gasteiger partial charge is 0.454 e. The van der Waals surface area contributed by atoms with Gasteiger partial charge in [-0.05, 0) is 37.0 Å². The van der Waals surface area contributed by atoms with E-state index in [1.807, 2.05) is 6.92 Å². The van der Waals surface area contributed by atoms with E-state index in [9.17, 15) is 0 Å². The van der Waals surface area contributed by atoms with Crippen LogP contribution in [0.3, 0.4) is 0 Å². The molecule has 1 aromatic rings. The van der Waals surface area contributed by atoms with Crippen LogP contribution in [0.4, 0.5) is 0 Å². The minimum Gasteiger partial charge on any atom is -0.454 e. The van der Waals surface area contributed by atoms with E-state index in [1.54, 1.807) is 0 Å². The second-order valence-corrected chi connectivity index (χ2v) is 5.31. The van der Waals surface area contributed by atoms with Gasteiger partial charge in [0, 0.05) is 12.0 Å². The molecule has 2 aliphatic rings. The maximum atomic E-state index is 6.34. The lowest BCUT2D eigenvalue weighted by atomic mass is 9.63. The summed E-state index contributed by atoms with van der Waals surface area (Å²) in [7, 11) is 0. The van der Waals surface area contributed by atoms with Crippen LogP contribution in [0.25, 0.3) is 0 Å². The number of fused-ring (bicyclic) bond motifs is 1. The van der Waals surface area contributed by atoms with Gasteiger partial charge in [-0.15, -0.1) is 0 Å². The van der Waals surface area contributed by atoms with Crippen LogP contribution in [0, 0.1) is 6.92 Å². The van der Waals surface area contributed by atoms with Crippen molar-refractivity contribution < 1.29 is 9.47 Å². The molecule has 0 unspecified atom stereocenters. The van der Waals surface area contributed by atoms with Crippen LogP contribution in [-0.2, 0) is 5.41 Å². The third-order valence-electron chi connectivity index (χ3n) is 4.12. The number of ether oxygens (including phenoxy) is 2. The molecule has 1 aliphatic carbocycles. The van der Waals surface area contributed by atoms with Crippen molar-refractivity contribution in [2.45, 2.75) is 31.6 Å². The summed E-state index contributed by atoms with van der Waals surface area (Å²) in [4.78, 5) is 0. The van der Waals surface area contributed by atoms with Gasteiger partial charge >= 0.3 is 0 Å². The highest BCUT2D eigenvalue weighted by molar-refractivity contribution is 6.33. The van der Waals surface area contributed by atoms with Crippen molar-refractivity contribution in [2.75, 3.05) is 13.3 Å². The van der Waals surface area contributed by atoms with E-state index in [0.717, 1.165) is 24.2 Å². The highest BCUT2D eigenvalue weighted by Gasteiger charge is 2.40. The number of halogens is 1. The van der Waals surface area contributed by atoms with Gasteiger partial charge in [0.15, 0.2) is 11.5 Å². The molecule has 0 bridgehead atoms. The molecule has 17 heavy (non-hydrogen) atoms. The molecule has 3 nitrogen and oxygen atoms in total. The normalized spacial score (nSPS) is 20.2. The van der Waals surface area contributed by atoms with Crippen LogP contribution < -0.4 is 15.2 Å². The number of hydrogen-bond acceptors (Lipinski definition) is 3. The Balaban J connectivity index is 2.14. The van der Waals surface area contributed by atoms with E-state index < -0.39 is 0 Å². The topological polar surface area (TPSA) is 44.5 Å². The molecule has 0 spiro atoms. The molecule has 1 fully saturated rings. The summed E-state index contributed by atoms with van der Waals surface area (Å²) in [5.74, 6) is 1.44. The van der Waals surface area contributed by atoms with Crippen molar-refractivity contribution in [3.63, 3.8) is 0 Å². The summed E-state index contributed by atoms with van der Waals surface area (Å²) >= 11 is 6.34. The smallest absolute Gasteiger partial charge is 0.231 e. The molecular weight excluding hydrogens is 238 g/mol. The van der Waals surface area contributed by atoms with Crippen molar-refractivity contribution in [1.82, 2.24) is 0 Å². The first-order valence-electron chi connectivity index (χ1n) is 5.97. The summed E-state index contributed by atoms with van der Waals surface area (Å²) in [6.07, 6.45) is 3.52. The molecule has 92 valence electrons. The summed E-state index contributed by atoms with van der Waals surface area (Å²) < 4.78 is 10.8.